The van der Waals surface area contributed by atoms with Gasteiger partial charge in [-0.3, -0.25) is 9.59 Å². The van der Waals surface area contributed by atoms with Gasteiger partial charge in [0.15, 0.2) is 6.10 Å². The molecular formula is C21H20FN3O3. The van der Waals surface area contributed by atoms with E-state index in [0.717, 1.165) is 15.8 Å². The zero-order valence-corrected chi connectivity index (χ0v) is 15.8. The zero-order valence-electron chi connectivity index (χ0n) is 15.8. The number of hydrogen-bond donors (Lipinski definition) is 1. The van der Waals surface area contributed by atoms with Crippen LogP contribution in [0.5, 0.6) is 5.88 Å². The second-order valence-electron chi connectivity index (χ2n) is 6.47. The highest BCUT2D eigenvalue weighted by molar-refractivity contribution is 5.94. The average molecular weight is 381 g/mol. The van der Waals surface area contributed by atoms with Crippen LogP contribution >= 0.6 is 0 Å². The molecule has 7 heteroatoms. The molecule has 0 fully saturated rings. The number of carbonyl (C=O) groups excluding carboxylic acids is 1. The van der Waals surface area contributed by atoms with Crippen LogP contribution in [0.2, 0.25) is 0 Å². The smallest absolute Gasteiger partial charge is 0.271 e. The van der Waals surface area contributed by atoms with Gasteiger partial charge in [0.2, 0.25) is 5.88 Å². The molecule has 0 saturated heterocycles. The number of carbonyl (C=O) groups is 1. The van der Waals surface area contributed by atoms with E-state index in [1.54, 1.807) is 6.92 Å². The van der Waals surface area contributed by atoms with E-state index in [1.165, 1.54) is 36.4 Å². The predicted octanol–water partition coefficient (Wildman–Crippen LogP) is 3.39. The first-order valence-corrected chi connectivity index (χ1v) is 8.74. The van der Waals surface area contributed by atoms with Crippen LogP contribution in [-0.4, -0.2) is 21.8 Å². The molecule has 1 N–H and O–H groups in total. The number of aromatic nitrogens is 2. The van der Waals surface area contributed by atoms with E-state index in [-0.39, 0.29) is 11.8 Å². The van der Waals surface area contributed by atoms with Gasteiger partial charge in [-0.2, -0.15) is 4.68 Å². The molecular weight excluding hydrogens is 361 g/mol. The van der Waals surface area contributed by atoms with Gasteiger partial charge in [-0.15, -0.1) is 5.10 Å². The Kier molecular flexibility index (Phi) is 5.54. The summed E-state index contributed by atoms with van der Waals surface area (Å²) in [5.74, 6) is -0.650. The van der Waals surface area contributed by atoms with Crippen LogP contribution in [0.3, 0.4) is 0 Å². The zero-order chi connectivity index (χ0) is 20.3. The summed E-state index contributed by atoms with van der Waals surface area (Å²) in [6, 6.07) is 13.8. The molecule has 0 aliphatic rings. The summed E-state index contributed by atoms with van der Waals surface area (Å²) in [5.41, 5.74) is 2.68. The number of nitrogens with one attached hydrogen (secondary N) is 1. The van der Waals surface area contributed by atoms with Crippen LogP contribution < -0.4 is 15.6 Å². The van der Waals surface area contributed by atoms with Crippen molar-refractivity contribution in [2.45, 2.75) is 26.9 Å². The lowest BCUT2D eigenvalue weighted by Crippen LogP contribution is -2.31. The van der Waals surface area contributed by atoms with E-state index in [9.17, 15) is 14.0 Å². The number of aryl methyl sites for hydroxylation is 2. The minimum atomic E-state index is -0.841. The van der Waals surface area contributed by atoms with Crippen molar-refractivity contribution in [3.63, 3.8) is 0 Å². The Morgan fingerprint density at radius 3 is 2.54 bits per heavy atom. The van der Waals surface area contributed by atoms with Gasteiger partial charge in [0, 0.05) is 17.8 Å². The lowest BCUT2D eigenvalue weighted by Gasteiger charge is -2.16. The molecule has 28 heavy (non-hydrogen) atoms. The van der Waals surface area contributed by atoms with Gasteiger partial charge >= 0.3 is 0 Å². The molecule has 1 aromatic heterocycles. The van der Waals surface area contributed by atoms with Crippen molar-refractivity contribution >= 4 is 11.6 Å². The maximum atomic E-state index is 13.1. The molecule has 6 nitrogen and oxygen atoms in total. The van der Waals surface area contributed by atoms with Gasteiger partial charge in [-0.05, 0) is 62.2 Å². The standard InChI is InChI=1S/C21H20FN3O3/c1-13-4-5-14(2)18(12-13)23-21(27)15(3)28-19-10-11-20(26)25(24-19)17-8-6-16(22)7-9-17/h4-12,15H,1-3H3,(H,23,27)/t15-/m0/s1. The fourth-order valence-electron chi connectivity index (χ4n) is 2.56. The van der Waals surface area contributed by atoms with Crippen LogP contribution in [0.1, 0.15) is 18.1 Å². The second kappa shape index (κ2) is 8.04. The minimum absolute atomic E-state index is 0.104. The molecule has 0 aliphatic heterocycles. The van der Waals surface area contributed by atoms with Crippen molar-refractivity contribution < 1.29 is 13.9 Å². The molecule has 0 unspecified atom stereocenters. The summed E-state index contributed by atoms with van der Waals surface area (Å²) in [5, 5.41) is 6.95. The maximum Gasteiger partial charge on any atom is 0.271 e. The minimum Gasteiger partial charge on any atom is -0.463 e. The quantitative estimate of drug-likeness (QED) is 0.735. The summed E-state index contributed by atoms with van der Waals surface area (Å²) in [4.78, 5) is 24.5. The van der Waals surface area contributed by atoms with E-state index in [2.05, 4.69) is 10.4 Å². The van der Waals surface area contributed by atoms with E-state index >= 15 is 0 Å². The summed E-state index contributed by atoms with van der Waals surface area (Å²) < 4.78 is 19.8. The highest BCUT2D eigenvalue weighted by atomic mass is 19.1. The molecule has 2 aromatic carbocycles. The van der Waals surface area contributed by atoms with Crippen molar-refractivity contribution in [1.29, 1.82) is 0 Å². The molecule has 0 bridgehead atoms. The number of nitrogens with zero attached hydrogens (tertiary/aromatic N) is 2. The third-order valence-corrected chi connectivity index (χ3v) is 4.16. The third kappa shape index (κ3) is 4.43. The number of halogens is 1. The Hall–Kier alpha value is -3.48. The van der Waals surface area contributed by atoms with Gasteiger partial charge < -0.3 is 10.1 Å². The number of anilines is 1. The Bertz CT molecular complexity index is 1060. The van der Waals surface area contributed by atoms with E-state index in [4.69, 9.17) is 4.74 Å². The second-order valence-corrected chi connectivity index (χ2v) is 6.47. The average Bonchev–Trinajstić information content (AvgIpc) is 2.67. The first-order chi connectivity index (χ1) is 13.3. The van der Waals surface area contributed by atoms with Crippen molar-refractivity contribution in [1.82, 2.24) is 9.78 Å². The fraction of sp³-hybridized carbons (Fsp3) is 0.190. The highest BCUT2D eigenvalue weighted by Gasteiger charge is 2.17. The highest BCUT2D eigenvalue weighted by Crippen LogP contribution is 2.17. The maximum absolute atomic E-state index is 13.1. The third-order valence-electron chi connectivity index (χ3n) is 4.16. The number of ether oxygens (including phenoxy) is 1. The normalized spacial score (nSPS) is 11.7. The summed E-state index contributed by atoms with van der Waals surface area (Å²) in [6.45, 7) is 5.44. The molecule has 144 valence electrons. The van der Waals surface area contributed by atoms with Crippen LogP contribution in [0.4, 0.5) is 10.1 Å². The molecule has 1 amide bonds. The molecule has 1 atom stereocenters. The molecule has 3 aromatic rings. The van der Waals surface area contributed by atoms with E-state index < -0.39 is 17.5 Å². The molecule has 0 aliphatic carbocycles. The Morgan fingerprint density at radius 2 is 1.82 bits per heavy atom. The molecule has 0 radical (unpaired) electrons. The van der Waals surface area contributed by atoms with Crippen LogP contribution in [0.15, 0.2) is 59.4 Å². The SMILES string of the molecule is Cc1ccc(C)c(NC(=O)[C@H](C)Oc2ccc(=O)n(-c3ccc(F)cc3)n2)c1. The summed E-state index contributed by atoms with van der Waals surface area (Å²) >= 11 is 0. The molecule has 0 spiro atoms. The Labute approximate surface area is 161 Å². The van der Waals surface area contributed by atoms with Crippen molar-refractivity contribution in [2.24, 2.45) is 0 Å². The van der Waals surface area contributed by atoms with Gasteiger partial charge in [0.25, 0.3) is 11.5 Å². The first-order valence-electron chi connectivity index (χ1n) is 8.74. The number of benzene rings is 2. The molecule has 1 heterocycles. The molecule has 3 rings (SSSR count). The number of amides is 1. The van der Waals surface area contributed by atoms with Gasteiger partial charge in [0.1, 0.15) is 5.82 Å². The van der Waals surface area contributed by atoms with E-state index in [1.807, 2.05) is 32.0 Å². The van der Waals surface area contributed by atoms with Crippen molar-refractivity contribution in [2.75, 3.05) is 5.32 Å². The Morgan fingerprint density at radius 1 is 1.11 bits per heavy atom. The summed E-state index contributed by atoms with van der Waals surface area (Å²) in [7, 11) is 0. The van der Waals surface area contributed by atoms with Crippen molar-refractivity contribution in [3.8, 4) is 11.6 Å². The lowest BCUT2D eigenvalue weighted by molar-refractivity contribution is -0.122. The van der Waals surface area contributed by atoms with Crippen LogP contribution in [-0.2, 0) is 4.79 Å². The van der Waals surface area contributed by atoms with Crippen LogP contribution in [0, 0.1) is 19.7 Å². The monoisotopic (exact) mass is 381 g/mol. The van der Waals surface area contributed by atoms with E-state index in [0.29, 0.717) is 11.4 Å². The first kappa shape index (κ1) is 19.3. The fourth-order valence-corrected chi connectivity index (χ4v) is 2.56. The largest absolute Gasteiger partial charge is 0.463 e. The number of rotatable bonds is 5. The van der Waals surface area contributed by atoms with Crippen LogP contribution in [0.25, 0.3) is 5.69 Å². The summed E-state index contributed by atoms with van der Waals surface area (Å²) in [6.07, 6.45) is -0.841. The van der Waals surface area contributed by atoms with Gasteiger partial charge in [-0.25, -0.2) is 4.39 Å². The van der Waals surface area contributed by atoms with Gasteiger partial charge in [0.05, 0.1) is 5.69 Å². The Balaban J connectivity index is 1.76. The topological polar surface area (TPSA) is 73.2 Å². The lowest BCUT2D eigenvalue weighted by atomic mass is 10.1. The molecule has 0 saturated carbocycles. The number of hydrogen-bond acceptors (Lipinski definition) is 4. The predicted molar refractivity (Wildman–Crippen MR) is 104 cm³/mol. The van der Waals surface area contributed by atoms with Gasteiger partial charge in [-0.1, -0.05) is 12.1 Å². The van der Waals surface area contributed by atoms with Crippen molar-refractivity contribution in [3.05, 3.63) is 81.9 Å².